The largest absolute Gasteiger partial charge is 0.416 e. The number of nitrogens with zero attached hydrogens (tertiary/aromatic N) is 5. The number of nitrogens with one attached hydrogen (secondary N) is 1. The minimum atomic E-state index is -4.47. The van der Waals surface area contributed by atoms with Gasteiger partial charge in [-0.25, -0.2) is 15.0 Å². The summed E-state index contributed by atoms with van der Waals surface area (Å²) in [6.45, 7) is 6.65. The molecule has 3 aromatic rings. The molecule has 0 bridgehead atoms. The van der Waals surface area contributed by atoms with Crippen LogP contribution < -0.4 is 16.0 Å². The van der Waals surface area contributed by atoms with Crippen LogP contribution in [0.5, 0.6) is 0 Å². The lowest BCUT2D eigenvalue weighted by atomic mass is 10.0. The van der Waals surface area contributed by atoms with Gasteiger partial charge in [-0.05, 0) is 50.7 Å². The fraction of sp³-hybridized carbons (Fsp3) is 0.409. The molecule has 0 saturated carbocycles. The third kappa shape index (κ3) is 4.55. The van der Waals surface area contributed by atoms with Crippen molar-refractivity contribution in [1.29, 1.82) is 0 Å². The molecule has 3 N–H and O–H groups in total. The van der Waals surface area contributed by atoms with Gasteiger partial charge in [0.25, 0.3) is 0 Å². The SMILES string of the molecule is C[C@@H](Nc1ncnc2cnc(N3CCN(C)C[C@@H]3C)cc12)c1cc(N)cc(C(F)(F)F)c1. The molecular formula is C22H26F3N7. The van der Waals surface area contributed by atoms with Crippen molar-refractivity contribution in [1.82, 2.24) is 19.9 Å². The summed E-state index contributed by atoms with van der Waals surface area (Å²) >= 11 is 0. The van der Waals surface area contributed by atoms with E-state index in [9.17, 15) is 13.2 Å². The molecule has 32 heavy (non-hydrogen) atoms. The molecule has 0 aliphatic carbocycles. The van der Waals surface area contributed by atoms with E-state index in [1.54, 1.807) is 13.1 Å². The molecule has 0 unspecified atom stereocenters. The zero-order valence-electron chi connectivity index (χ0n) is 18.2. The third-order valence-electron chi connectivity index (χ3n) is 5.79. The topological polar surface area (TPSA) is 83.2 Å². The van der Waals surface area contributed by atoms with Crippen molar-refractivity contribution in [2.45, 2.75) is 32.1 Å². The Bertz CT molecular complexity index is 1120. The second-order valence-electron chi connectivity index (χ2n) is 8.34. The monoisotopic (exact) mass is 445 g/mol. The van der Waals surface area contributed by atoms with Crippen LogP contribution in [-0.4, -0.2) is 52.6 Å². The van der Waals surface area contributed by atoms with E-state index < -0.39 is 17.8 Å². The number of piperazine rings is 1. The Morgan fingerprint density at radius 3 is 2.62 bits per heavy atom. The van der Waals surface area contributed by atoms with Gasteiger partial charge >= 0.3 is 6.18 Å². The quantitative estimate of drug-likeness (QED) is 0.589. The van der Waals surface area contributed by atoms with Crippen molar-refractivity contribution < 1.29 is 13.2 Å². The third-order valence-corrected chi connectivity index (χ3v) is 5.79. The van der Waals surface area contributed by atoms with Gasteiger partial charge < -0.3 is 20.9 Å². The molecule has 170 valence electrons. The molecule has 1 aliphatic rings. The lowest BCUT2D eigenvalue weighted by Gasteiger charge is -2.39. The molecule has 1 saturated heterocycles. The Morgan fingerprint density at radius 2 is 1.91 bits per heavy atom. The van der Waals surface area contributed by atoms with E-state index in [2.05, 4.69) is 44.0 Å². The Kier molecular flexibility index (Phi) is 5.81. The number of pyridine rings is 1. The van der Waals surface area contributed by atoms with Crippen LogP contribution in [0.15, 0.2) is 36.8 Å². The van der Waals surface area contributed by atoms with Crippen LogP contribution >= 0.6 is 0 Å². The average molecular weight is 445 g/mol. The van der Waals surface area contributed by atoms with Gasteiger partial charge in [0.2, 0.25) is 0 Å². The van der Waals surface area contributed by atoms with E-state index in [1.807, 2.05) is 6.07 Å². The lowest BCUT2D eigenvalue weighted by Crippen LogP contribution is -2.50. The van der Waals surface area contributed by atoms with Crippen molar-refractivity contribution >= 4 is 28.2 Å². The standard InChI is InChI=1S/C22H26F3N7/c1-13-11-31(3)4-5-32(13)20-9-18-19(10-27-20)28-12-29-21(18)30-14(2)15-6-16(22(23,24)25)8-17(26)7-15/h6-10,12-14H,4-5,11,26H2,1-3H3,(H,28,29,30)/t13-,14+/m0/s1. The number of likely N-dealkylation sites (N-methyl/N-ethyl adjacent to an activating group) is 1. The zero-order valence-corrected chi connectivity index (χ0v) is 18.2. The summed E-state index contributed by atoms with van der Waals surface area (Å²) in [5.41, 5.74) is 6.10. The first kappa shape index (κ1) is 22.1. The minimum absolute atomic E-state index is 0.0616. The van der Waals surface area contributed by atoms with Gasteiger partial charge in [-0.15, -0.1) is 0 Å². The van der Waals surface area contributed by atoms with E-state index in [-0.39, 0.29) is 5.69 Å². The lowest BCUT2D eigenvalue weighted by molar-refractivity contribution is -0.137. The summed E-state index contributed by atoms with van der Waals surface area (Å²) < 4.78 is 39.6. The van der Waals surface area contributed by atoms with Crippen molar-refractivity contribution in [2.75, 3.05) is 42.6 Å². The van der Waals surface area contributed by atoms with E-state index in [0.29, 0.717) is 22.9 Å². The second kappa shape index (κ2) is 8.42. The van der Waals surface area contributed by atoms with Gasteiger partial charge in [0.05, 0.1) is 23.3 Å². The predicted molar refractivity (Wildman–Crippen MR) is 120 cm³/mol. The Balaban J connectivity index is 1.65. The number of anilines is 3. The number of halogens is 3. The number of rotatable bonds is 4. The number of benzene rings is 1. The van der Waals surface area contributed by atoms with E-state index >= 15 is 0 Å². The highest BCUT2D eigenvalue weighted by molar-refractivity contribution is 5.90. The van der Waals surface area contributed by atoms with E-state index in [4.69, 9.17) is 5.73 Å². The molecule has 0 spiro atoms. The highest BCUT2D eigenvalue weighted by atomic mass is 19.4. The number of alkyl halides is 3. The molecule has 1 aliphatic heterocycles. The predicted octanol–water partition coefficient (Wildman–Crippen LogP) is 3.94. The number of aromatic nitrogens is 3. The molecule has 3 heterocycles. The van der Waals surface area contributed by atoms with Crippen molar-refractivity contribution in [3.63, 3.8) is 0 Å². The van der Waals surface area contributed by atoms with Gasteiger partial charge in [0.15, 0.2) is 0 Å². The van der Waals surface area contributed by atoms with Crippen molar-refractivity contribution in [3.8, 4) is 0 Å². The number of hydrogen-bond donors (Lipinski definition) is 2. The van der Waals surface area contributed by atoms with E-state index in [1.165, 1.54) is 12.4 Å². The molecule has 1 aromatic carbocycles. The van der Waals surface area contributed by atoms with Crippen LogP contribution in [0.4, 0.5) is 30.5 Å². The summed E-state index contributed by atoms with van der Waals surface area (Å²) in [5.74, 6) is 1.36. The molecule has 4 rings (SSSR count). The first-order valence-electron chi connectivity index (χ1n) is 10.4. The molecule has 2 atom stereocenters. The summed E-state index contributed by atoms with van der Waals surface area (Å²) in [7, 11) is 2.10. The van der Waals surface area contributed by atoms with E-state index in [0.717, 1.165) is 43.0 Å². The summed E-state index contributed by atoms with van der Waals surface area (Å²) in [6.07, 6.45) is -1.35. The van der Waals surface area contributed by atoms with Crippen LogP contribution in [0.1, 0.15) is 31.0 Å². The van der Waals surface area contributed by atoms with Crippen LogP contribution in [0.3, 0.4) is 0 Å². The molecule has 0 amide bonds. The summed E-state index contributed by atoms with van der Waals surface area (Å²) in [5, 5.41) is 3.99. The smallest absolute Gasteiger partial charge is 0.399 e. The van der Waals surface area contributed by atoms with Crippen LogP contribution in [-0.2, 0) is 6.18 Å². The van der Waals surface area contributed by atoms with Gasteiger partial charge in [0, 0.05) is 36.7 Å². The van der Waals surface area contributed by atoms with Crippen LogP contribution in [0, 0.1) is 0 Å². The molecule has 10 heteroatoms. The van der Waals surface area contributed by atoms with Gasteiger partial charge in [-0.3, -0.25) is 0 Å². The number of fused-ring (bicyclic) bond motifs is 1. The fourth-order valence-corrected chi connectivity index (χ4v) is 4.08. The highest BCUT2D eigenvalue weighted by Crippen LogP contribution is 2.34. The molecule has 1 fully saturated rings. The normalized spacial score (nSPS) is 18.7. The Labute approximate surface area is 184 Å². The number of hydrogen-bond acceptors (Lipinski definition) is 7. The van der Waals surface area contributed by atoms with Gasteiger partial charge in [-0.2, -0.15) is 13.2 Å². The maximum Gasteiger partial charge on any atom is 0.416 e. The average Bonchev–Trinajstić information content (AvgIpc) is 2.72. The number of nitrogen functional groups attached to an aromatic ring is 1. The fourth-order valence-electron chi connectivity index (χ4n) is 4.08. The minimum Gasteiger partial charge on any atom is -0.399 e. The first-order valence-corrected chi connectivity index (χ1v) is 10.4. The summed E-state index contributed by atoms with van der Waals surface area (Å²) in [4.78, 5) is 17.7. The van der Waals surface area contributed by atoms with Crippen LogP contribution in [0.25, 0.3) is 10.9 Å². The second-order valence-corrected chi connectivity index (χ2v) is 8.34. The first-order chi connectivity index (χ1) is 15.1. The van der Waals surface area contributed by atoms with Gasteiger partial charge in [-0.1, -0.05) is 0 Å². The number of nitrogens with two attached hydrogens (primary N) is 1. The maximum atomic E-state index is 13.2. The molecular weight excluding hydrogens is 419 g/mol. The van der Waals surface area contributed by atoms with Crippen molar-refractivity contribution in [3.05, 3.63) is 47.9 Å². The Hall–Kier alpha value is -3.14. The Morgan fingerprint density at radius 1 is 1.12 bits per heavy atom. The van der Waals surface area contributed by atoms with Crippen LogP contribution in [0.2, 0.25) is 0 Å². The molecule has 0 radical (unpaired) electrons. The van der Waals surface area contributed by atoms with Gasteiger partial charge in [0.1, 0.15) is 18.0 Å². The molecule has 2 aromatic heterocycles. The highest BCUT2D eigenvalue weighted by Gasteiger charge is 2.31. The summed E-state index contributed by atoms with van der Waals surface area (Å²) in [6, 6.07) is 5.35. The van der Waals surface area contributed by atoms with Crippen molar-refractivity contribution in [2.24, 2.45) is 0 Å². The maximum absolute atomic E-state index is 13.2. The molecule has 7 nitrogen and oxygen atoms in total. The zero-order chi connectivity index (χ0) is 23.0.